The number of sulfonamides is 1. The van der Waals surface area contributed by atoms with Gasteiger partial charge in [0, 0.05) is 34.4 Å². The van der Waals surface area contributed by atoms with Crippen LogP contribution in [-0.2, 0) is 20.8 Å². The standard InChI is InChI=1S/C14H22N2O3S2/c1-11(15-2)12-3-5-14(6-4-12)21(18,19)16-13-7-9-20(17)10-8-13/h3-6,11,13,15-16H,7-10H2,1-2H3. The summed E-state index contributed by atoms with van der Waals surface area (Å²) >= 11 is 0. The van der Waals surface area contributed by atoms with Crippen LogP contribution in [0.15, 0.2) is 29.2 Å². The lowest BCUT2D eigenvalue weighted by atomic mass is 10.1. The van der Waals surface area contributed by atoms with E-state index in [0.29, 0.717) is 24.3 Å². The summed E-state index contributed by atoms with van der Waals surface area (Å²) in [5.74, 6) is 1.15. The minimum absolute atomic E-state index is 0.108. The molecule has 2 rings (SSSR count). The molecule has 1 saturated heterocycles. The van der Waals surface area contributed by atoms with Crippen LogP contribution in [0.1, 0.15) is 31.4 Å². The Kier molecular flexibility index (Phi) is 5.54. The van der Waals surface area contributed by atoms with E-state index in [9.17, 15) is 12.6 Å². The molecule has 7 heteroatoms. The molecule has 0 spiro atoms. The van der Waals surface area contributed by atoms with Crippen LogP contribution in [-0.4, -0.2) is 37.2 Å². The lowest BCUT2D eigenvalue weighted by Crippen LogP contribution is -2.39. The van der Waals surface area contributed by atoms with E-state index in [1.165, 1.54) is 0 Å². The van der Waals surface area contributed by atoms with E-state index >= 15 is 0 Å². The number of benzene rings is 1. The monoisotopic (exact) mass is 330 g/mol. The molecule has 0 aromatic heterocycles. The van der Waals surface area contributed by atoms with E-state index in [4.69, 9.17) is 0 Å². The summed E-state index contributed by atoms with van der Waals surface area (Å²) in [4.78, 5) is 0.279. The normalized spacial score (nSPS) is 24.7. The fourth-order valence-electron chi connectivity index (χ4n) is 2.30. The zero-order valence-electron chi connectivity index (χ0n) is 12.3. The third-order valence-electron chi connectivity index (χ3n) is 3.83. The van der Waals surface area contributed by atoms with Crippen LogP contribution in [0.25, 0.3) is 0 Å². The van der Waals surface area contributed by atoms with Crippen molar-refractivity contribution in [3.8, 4) is 0 Å². The van der Waals surface area contributed by atoms with Crippen molar-refractivity contribution in [2.75, 3.05) is 18.6 Å². The number of hydrogen-bond acceptors (Lipinski definition) is 4. The van der Waals surface area contributed by atoms with Crippen molar-refractivity contribution in [2.24, 2.45) is 0 Å². The van der Waals surface area contributed by atoms with Gasteiger partial charge >= 0.3 is 0 Å². The minimum Gasteiger partial charge on any atom is -0.313 e. The molecule has 1 atom stereocenters. The lowest BCUT2D eigenvalue weighted by molar-refractivity contribution is 0.522. The second-order valence-electron chi connectivity index (χ2n) is 5.32. The fraction of sp³-hybridized carbons (Fsp3) is 0.571. The Morgan fingerprint density at radius 1 is 1.19 bits per heavy atom. The first-order valence-corrected chi connectivity index (χ1v) is 10.0. The van der Waals surface area contributed by atoms with Gasteiger partial charge in [-0.2, -0.15) is 0 Å². The zero-order chi connectivity index (χ0) is 15.5. The third-order valence-corrected chi connectivity index (χ3v) is 6.75. The van der Waals surface area contributed by atoms with Gasteiger partial charge < -0.3 is 5.32 Å². The highest BCUT2D eigenvalue weighted by Crippen LogP contribution is 2.18. The minimum atomic E-state index is -3.50. The molecule has 0 saturated carbocycles. The predicted octanol–water partition coefficient (Wildman–Crippen LogP) is 1.16. The summed E-state index contributed by atoms with van der Waals surface area (Å²) in [6.07, 6.45) is 1.28. The molecule has 1 aliphatic rings. The van der Waals surface area contributed by atoms with Crippen molar-refractivity contribution < 1.29 is 12.6 Å². The van der Waals surface area contributed by atoms with Gasteiger partial charge in [-0.1, -0.05) is 12.1 Å². The molecule has 1 fully saturated rings. The highest BCUT2D eigenvalue weighted by Gasteiger charge is 2.24. The van der Waals surface area contributed by atoms with Gasteiger partial charge in [0.05, 0.1) is 4.90 Å². The molecule has 1 heterocycles. The Morgan fingerprint density at radius 3 is 2.29 bits per heavy atom. The molecular weight excluding hydrogens is 308 g/mol. The van der Waals surface area contributed by atoms with Gasteiger partial charge in [-0.05, 0) is 44.5 Å². The average Bonchev–Trinajstić information content (AvgIpc) is 2.49. The van der Waals surface area contributed by atoms with Gasteiger partial charge in [0.2, 0.25) is 10.0 Å². The van der Waals surface area contributed by atoms with E-state index in [-0.39, 0.29) is 17.0 Å². The van der Waals surface area contributed by atoms with E-state index in [1.54, 1.807) is 12.1 Å². The topological polar surface area (TPSA) is 75.3 Å². The Hall–Kier alpha value is -0.760. The van der Waals surface area contributed by atoms with Crippen molar-refractivity contribution >= 4 is 20.8 Å². The second-order valence-corrected chi connectivity index (χ2v) is 8.73. The van der Waals surface area contributed by atoms with Crippen LogP contribution in [0.2, 0.25) is 0 Å². The first kappa shape index (κ1) is 16.6. The van der Waals surface area contributed by atoms with Crippen molar-refractivity contribution in [3.05, 3.63) is 29.8 Å². The lowest BCUT2D eigenvalue weighted by Gasteiger charge is -2.22. The van der Waals surface area contributed by atoms with Gasteiger partial charge in [0.1, 0.15) is 0 Å². The molecule has 1 aromatic carbocycles. The van der Waals surface area contributed by atoms with Crippen LogP contribution < -0.4 is 10.0 Å². The molecule has 1 unspecified atom stereocenters. The van der Waals surface area contributed by atoms with Gasteiger partial charge in [0.15, 0.2) is 0 Å². The van der Waals surface area contributed by atoms with Gasteiger partial charge in [-0.25, -0.2) is 13.1 Å². The van der Waals surface area contributed by atoms with Gasteiger partial charge in [-0.3, -0.25) is 4.21 Å². The largest absolute Gasteiger partial charge is 0.313 e. The van der Waals surface area contributed by atoms with Crippen LogP contribution in [0.5, 0.6) is 0 Å². The summed E-state index contributed by atoms with van der Waals surface area (Å²) in [5, 5.41) is 3.12. The molecule has 21 heavy (non-hydrogen) atoms. The van der Waals surface area contributed by atoms with Gasteiger partial charge in [-0.15, -0.1) is 0 Å². The summed E-state index contributed by atoms with van der Waals surface area (Å²) in [5.41, 5.74) is 1.05. The highest BCUT2D eigenvalue weighted by atomic mass is 32.2. The Morgan fingerprint density at radius 2 is 1.76 bits per heavy atom. The van der Waals surface area contributed by atoms with Crippen molar-refractivity contribution in [1.82, 2.24) is 10.0 Å². The number of nitrogens with one attached hydrogen (secondary N) is 2. The van der Waals surface area contributed by atoms with Crippen LogP contribution in [0.3, 0.4) is 0 Å². The molecule has 2 N–H and O–H groups in total. The molecular formula is C14H22N2O3S2. The predicted molar refractivity (Wildman–Crippen MR) is 85.1 cm³/mol. The zero-order valence-corrected chi connectivity index (χ0v) is 14.0. The highest BCUT2D eigenvalue weighted by molar-refractivity contribution is 7.89. The Bertz CT molecular complexity index is 589. The smallest absolute Gasteiger partial charge is 0.240 e. The average molecular weight is 330 g/mol. The van der Waals surface area contributed by atoms with Crippen LogP contribution >= 0.6 is 0 Å². The first-order valence-electron chi connectivity index (χ1n) is 7.07. The molecule has 1 aromatic rings. The molecule has 0 amide bonds. The van der Waals surface area contributed by atoms with Crippen LogP contribution in [0, 0.1) is 0 Å². The third kappa shape index (κ3) is 4.35. The summed E-state index contributed by atoms with van der Waals surface area (Å²) in [6.45, 7) is 2.02. The second kappa shape index (κ2) is 7.00. The molecule has 0 radical (unpaired) electrons. The molecule has 118 valence electrons. The number of hydrogen-bond donors (Lipinski definition) is 2. The van der Waals surface area contributed by atoms with Crippen molar-refractivity contribution in [3.63, 3.8) is 0 Å². The Balaban J connectivity index is 2.07. The maximum Gasteiger partial charge on any atom is 0.240 e. The summed E-state index contributed by atoms with van der Waals surface area (Å²) < 4.78 is 38.7. The van der Waals surface area contributed by atoms with E-state index in [0.717, 1.165) is 5.56 Å². The van der Waals surface area contributed by atoms with Crippen molar-refractivity contribution in [2.45, 2.75) is 36.7 Å². The summed E-state index contributed by atoms with van der Waals surface area (Å²) in [7, 11) is -2.42. The maximum atomic E-state index is 12.3. The fourth-order valence-corrected chi connectivity index (χ4v) is 4.91. The van der Waals surface area contributed by atoms with Crippen LogP contribution in [0.4, 0.5) is 0 Å². The van der Waals surface area contributed by atoms with Crippen molar-refractivity contribution in [1.29, 1.82) is 0 Å². The molecule has 1 aliphatic heterocycles. The number of rotatable bonds is 5. The van der Waals surface area contributed by atoms with E-state index < -0.39 is 20.8 Å². The summed E-state index contributed by atoms with van der Waals surface area (Å²) in [6, 6.07) is 6.99. The SMILES string of the molecule is CNC(C)c1ccc(S(=O)(=O)NC2CCS(=O)CC2)cc1. The van der Waals surface area contributed by atoms with Gasteiger partial charge in [0.25, 0.3) is 0 Å². The van der Waals surface area contributed by atoms with E-state index in [2.05, 4.69) is 10.0 Å². The molecule has 0 aliphatic carbocycles. The quantitative estimate of drug-likeness (QED) is 0.849. The molecule has 0 bridgehead atoms. The maximum absolute atomic E-state index is 12.3. The Labute approximate surface area is 129 Å². The first-order chi connectivity index (χ1) is 9.92. The van der Waals surface area contributed by atoms with E-state index in [1.807, 2.05) is 26.1 Å². The molecule has 5 nitrogen and oxygen atoms in total.